The lowest BCUT2D eigenvalue weighted by Crippen LogP contribution is -2.29. The summed E-state index contributed by atoms with van der Waals surface area (Å²) in [5.74, 6) is -1.92. The summed E-state index contributed by atoms with van der Waals surface area (Å²) < 4.78 is 28.9. The van der Waals surface area contributed by atoms with Crippen LogP contribution in [0.4, 0.5) is 14.5 Å². The van der Waals surface area contributed by atoms with E-state index in [1.165, 1.54) is 13.1 Å². The summed E-state index contributed by atoms with van der Waals surface area (Å²) in [6, 6.07) is 3.51. The second-order valence-corrected chi connectivity index (χ2v) is 4.61. The van der Waals surface area contributed by atoms with Gasteiger partial charge in [-0.15, -0.1) is 0 Å². The Bertz CT molecular complexity index is 632. The molecule has 0 radical (unpaired) electrons. The standard InChI is InChI=1S/C14H15F2N3O/c1-9-10(8-18(2)17-9)7-13(20)19(3)14-11(15)5-4-6-12(14)16/h4-6,8H,7H2,1-3H3. The number of aryl methyl sites for hydroxylation is 2. The van der Waals surface area contributed by atoms with Crippen molar-refractivity contribution in [3.05, 3.63) is 47.3 Å². The lowest BCUT2D eigenvalue weighted by molar-refractivity contribution is -0.117. The molecule has 4 nitrogen and oxygen atoms in total. The van der Waals surface area contributed by atoms with Gasteiger partial charge in [-0.3, -0.25) is 9.48 Å². The van der Waals surface area contributed by atoms with Crippen LogP contribution in [0.15, 0.2) is 24.4 Å². The van der Waals surface area contributed by atoms with Crippen LogP contribution in [0.25, 0.3) is 0 Å². The molecule has 0 aliphatic carbocycles. The second-order valence-electron chi connectivity index (χ2n) is 4.61. The van der Waals surface area contributed by atoms with Gasteiger partial charge in [-0.1, -0.05) is 6.07 Å². The number of likely N-dealkylation sites (N-methyl/N-ethyl adjacent to an activating group) is 1. The van der Waals surface area contributed by atoms with Gasteiger partial charge in [0.1, 0.15) is 17.3 Å². The predicted molar refractivity (Wildman–Crippen MR) is 71.4 cm³/mol. The molecule has 1 amide bonds. The summed E-state index contributed by atoms with van der Waals surface area (Å²) in [6.45, 7) is 1.78. The monoisotopic (exact) mass is 279 g/mol. The molecule has 0 N–H and O–H groups in total. The molecule has 2 rings (SSSR count). The highest BCUT2D eigenvalue weighted by atomic mass is 19.1. The van der Waals surface area contributed by atoms with Crippen molar-refractivity contribution in [1.29, 1.82) is 0 Å². The van der Waals surface area contributed by atoms with Crippen LogP contribution in [-0.2, 0) is 18.3 Å². The number of halogens is 2. The summed E-state index contributed by atoms with van der Waals surface area (Å²) in [5.41, 5.74) is 1.13. The number of rotatable bonds is 3. The van der Waals surface area contributed by atoms with Crippen LogP contribution < -0.4 is 4.90 Å². The van der Waals surface area contributed by atoms with Gasteiger partial charge in [-0.05, 0) is 19.1 Å². The minimum Gasteiger partial charge on any atom is -0.310 e. The van der Waals surface area contributed by atoms with Crippen LogP contribution in [0.2, 0.25) is 0 Å². The summed E-state index contributed by atoms with van der Waals surface area (Å²) in [7, 11) is 3.11. The third-order valence-corrected chi connectivity index (χ3v) is 3.10. The molecule has 1 aromatic heterocycles. The largest absolute Gasteiger partial charge is 0.310 e. The Labute approximate surface area is 115 Å². The topological polar surface area (TPSA) is 38.1 Å². The zero-order valence-electron chi connectivity index (χ0n) is 11.5. The van der Waals surface area contributed by atoms with Gasteiger partial charge in [-0.2, -0.15) is 5.10 Å². The van der Waals surface area contributed by atoms with Crippen molar-refractivity contribution in [3.63, 3.8) is 0 Å². The average molecular weight is 279 g/mol. The molecule has 0 aliphatic rings. The molecule has 1 heterocycles. The normalized spacial score (nSPS) is 10.7. The minimum absolute atomic E-state index is 0.0456. The van der Waals surface area contributed by atoms with Gasteiger partial charge < -0.3 is 4.90 Å². The van der Waals surface area contributed by atoms with Crippen molar-refractivity contribution in [2.45, 2.75) is 13.3 Å². The third-order valence-electron chi connectivity index (χ3n) is 3.10. The smallest absolute Gasteiger partial charge is 0.231 e. The fourth-order valence-electron chi connectivity index (χ4n) is 2.04. The first kappa shape index (κ1) is 14.2. The number of amides is 1. The number of benzene rings is 1. The van der Waals surface area contributed by atoms with Gasteiger partial charge in [-0.25, -0.2) is 8.78 Å². The highest BCUT2D eigenvalue weighted by molar-refractivity contribution is 5.94. The van der Waals surface area contributed by atoms with E-state index in [1.807, 2.05) is 0 Å². The first-order valence-electron chi connectivity index (χ1n) is 6.10. The summed E-state index contributed by atoms with van der Waals surface area (Å²) >= 11 is 0. The van der Waals surface area contributed by atoms with Gasteiger partial charge in [0.25, 0.3) is 0 Å². The fraction of sp³-hybridized carbons (Fsp3) is 0.286. The molecule has 2 aromatic rings. The molecule has 0 fully saturated rings. The van der Waals surface area contributed by atoms with Gasteiger partial charge in [0.15, 0.2) is 0 Å². The molecule has 0 unspecified atom stereocenters. The summed E-state index contributed by atoms with van der Waals surface area (Å²) in [6.07, 6.45) is 1.77. The Hall–Kier alpha value is -2.24. The molecular formula is C14H15F2N3O. The maximum absolute atomic E-state index is 13.6. The van der Waals surface area contributed by atoms with Crippen LogP contribution in [0.3, 0.4) is 0 Å². The number of hydrogen-bond donors (Lipinski definition) is 0. The zero-order chi connectivity index (χ0) is 14.9. The van der Waals surface area contributed by atoms with E-state index in [-0.39, 0.29) is 12.1 Å². The molecule has 0 aliphatic heterocycles. The second kappa shape index (κ2) is 5.40. The van der Waals surface area contributed by atoms with Crippen LogP contribution >= 0.6 is 0 Å². The number of para-hydroxylation sites is 1. The number of carbonyl (C=O) groups excluding carboxylic acids is 1. The molecule has 20 heavy (non-hydrogen) atoms. The molecular weight excluding hydrogens is 264 g/mol. The number of hydrogen-bond acceptors (Lipinski definition) is 2. The molecule has 106 valence electrons. The molecule has 0 saturated carbocycles. The van der Waals surface area contributed by atoms with E-state index < -0.39 is 17.5 Å². The van der Waals surface area contributed by atoms with Crippen LogP contribution in [-0.4, -0.2) is 22.7 Å². The van der Waals surface area contributed by atoms with E-state index in [4.69, 9.17) is 0 Å². The Morgan fingerprint density at radius 3 is 2.45 bits per heavy atom. The van der Waals surface area contributed by atoms with E-state index >= 15 is 0 Å². The number of nitrogens with zero attached hydrogens (tertiary/aromatic N) is 3. The van der Waals surface area contributed by atoms with E-state index in [0.717, 1.165) is 28.3 Å². The van der Waals surface area contributed by atoms with Gasteiger partial charge in [0, 0.05) is 25.9 Å². The van der Waals surface area contributed by atoms with Crippen LogP contribution in [0, 0.1) is 18.6 Å². The van der Waals surface area contributed by atoms with E-state index in [1.54, 1.807) is 24.9 Å². The maximum atomic E-state index is 13.6. The quantitative estimate of drug-likeness (QED) is 0.864. The van der Waals surface area contributed by atoms with Crippen molar-refractivity contribution >= 4 is 11.6 Å². The molecule has 6 heteroatoms. The van der Waals surface area contributed by atoms with Crippen LogP contribution in [0.1, 0.15) is 11.3 Å². The molecule has 0 atom stereocenters. The molecule has 1 aromatic carbocycles. The molecule has 0 saturated heterocycles. The van der Waals surface area contributed by atoms with Crippen molar-refractivity contribution in [2.75, 3.05) is 11.9 Å². The Morgan fingerprint density at radius 1 is 1.35 bits per heavy atom. The fourth-order valence-corrected chi connectivity index (χ4v) is 2.04. The highest BCUT2D eigenvalue weighted by Gasteiger charge is 2.20. The van der Waals surface area contributed by atoms with Crippen molar-refractivity contribution in [1.82, 2.24) is 9.78 Å². The summed E-state index contributed by atoms with van der Waals surface area (Å²) in [5, 5.41) is 4.13. The van der Waals surface area contributed by atoms with Gasteiger partial charge in [0.2, 0.25) is 5.91 Å². The minimum atomic E-state index is -0.760. The summed E-state index contributed by atoms with van der Waals surface area (Å²) in [4.78, 5) is 13.1. The number of anilines is 1. The average Bonchev–Trinajstić information content (AvgIpc) is 2.67. The van der Waals surface area contributed by atoms with Crippen molar-refractivity contribution in [3.8, 4) is 0 Å². The zero-order valence-corrected chi connectivity index (χ0v) is 11.5. The Kier molecular flexibility index (Phi) is 3.83. The van der Waals surface area contributed by atoms with Gasteiger partial charge in [0.05, 0.1) is 12.1 Å². The van der Waals surface area contributed by atoms with Crippen molar-refractivity contribution < 1.29 is 13.6 Å². The number of carbonyl (C=O) groups is 1. The molecule has 0 spiro atoms. The van der Waals surface area contributed by atoms with E-state index in [2.05, 4.69) is 5.10 Å². The highest BCUT2D eigenvalue weighted by Crippen LogP contribution is 2.22. The third kappa shape index (κ3) is 2.68. The van der Waals surface area contributed by atoms with E-state index in [0.29, 0.717) is 0 Å². The Morgan fingerprint density at radius 2 is 1.95 bits per heavy atom. The lowest BCUT2D eigenvalue weighted by atomic mass is 10.1. The predicted octanol–water partition coefficient (Wildman–Crippen LogP) is 2.21. The van der Waals surface area contributed by atoms with E-state index in [9.17, 15) is 13.6 Å². The van der Waals surface area contributed by atoms with Crippen LogP contribution in [0.5, 0.6) is 0 Å². The Balaban J connectivity index is 2.23. The molecule has 0 bridgehead atoms. The van der Waals surface area contributed by atoms with Crippen molar-refractivity contribution in [2.24, 2.45) is 7.05 Å². The SMILES string of the molecule is Cc1nn(C)cc1CC(=O)N(C)c1c(F)cccc1F. The number of aromatic nitrogens is 2. The first-order chi connectivity index (χ1) is 9.40. The maximum Gasteiger partial charge on any atom is 0.231 e. The van der Waals surface area contributed by atoms with Gasteiger partial charge >= 0.3 is 0 Å². The lowest BCUT2D eigenvalue weighted by Gasteiger charge is -2.18. The first-order valence-corrected chi connectivity index (χ1v) is 6.10.